The Hall–Kier alpha value is -1.07. The van der Waals surface area contributed by atoms with E-state index >= 15 is 0 Å². The second kappa shape index (κ2) is 3.46. The Morgan fingerprint density at radius 2 is 1.94 bits per heavy atom. The van der Waals surface area contributed by atoms with Crippen LogP contribution in [0.2, 0.25) is 0 Å². The first-order valence-corrected chi connectivity index (χ1v) is 5.57. The van der Waals surface area contributed by atoms with Gasteiger partial charge in [0.05, 0.1) is 12.6 Å². The molecule has 1 unspecified atom stereocenters. The van der Waals surface area contributed by atoms with Crippen LogP contribution in [0, 0.1) is 0 Å². The van der Waals surface area contributed by atoms with Crippen molar-refractivity contribution in [2.75, 3.05) is 13.2 Å². The Balaban J connectivity index is 1.89. The smallest absolute Gasteiger partial charge is 0.350 e. The van der Waals surface area contributed by atoms with Gasteiger partial charge in [-0.05, 0) is 5.56 Å². The van der Waals surface area contributed by atoms with Crippen molar-refractivity contribution in [2.45, 2.75) is 24.4 Å². The number of halogens is 3. The minimum absolute atomic E-state index is 0.0415. The molecule has 2 aliphatic rings. The number of fused-ring (bicyclic) bond motifs is 1. The van der Waals surface area contributed by atoms with Gasteiger partial charge in [0.1, 0.15) is 0 Å². The van der Waals surface area contributed by atoms with Crippen molar-refractivity contribution in [1.82, 2.24) is 4.90 Å². The van der Waals surface area contributed by atoms with Crippen LogP contribution >= 0.6 is 0 Å². The molecule has 0 N–H and O–H groups in total. The summed E-state index contributed by atoms with van der Waals surface area (Å²) in [6.45, 7) is 0.558. The van der Waals surface area contributed by atoms with E-state index in [1.165, 1.54) is 4.90 Å². The van der Waals surface area contributed by atoms with E-state index in [1.54, 1.807) is 0 Å². The van der Waals surface area contributed by atoms with Gasteiger partial charge in [0.15, 0.2) is 0 Å². The number of nitrogens with zero attached hydrogens (tertiary/aromatic N) is 1. The molecular weight excluding hydrogens is 231 g/mol. The van der Waals surface area contributed by atoms with Crippen molar-refractivity contribution in [3.8, 4) is 0 Å². The summed E-state index contributed by atoms with van der Waals surface area (Å²) in [5.41, 5.74) is -1.13. The topological polar surface area (TPSA) is 12.5 Å². The maximum absolute atomic E-state index is 13.0. The van der Waals surface area contributed by atoms with Crippen molar-refractivity contribution >= 4 is 0 Å². The fourth-order valence-corrected chi connectivity index (χ4v) is 2.65. The Bertz CT molecular complexity index is 420. The fraction of sp³-hybridized carbons (Fsp3) is 0.500. The van der Waals surface area contributed by atoms with Crippen molar-refractivity contribution in [3.63, 3.8) is 0 Å². The summed E-state index contributed by atoms with van der Waals surface area (Å²) >= 11 is 0. The minimum Gasteiger partial charge on any atom is -0.350 e. The summed E-state index contributed by atoms with van der Waals surface area (Å²) in [7, 11) is 0. The average Bonchev–Trinajstić information content (AvgIpc) is 2.51. The van der Waals surface area contributed by atoms with Crippen LogP contribution in [0.15, 0.2) is 30.3 Å². The molecule has 0 saturated carbocycles. The minimum atomic E-state index is -4.31. The van der Waals surface area contributed by atoms with E-state index in [2.05, 4.69) is 0 Å². The molecule has 0 aromatic heterocycles. The lowest BCUT2D eigenvalue weighted by Gasteiger charge is -2.48. The van der Waals surface area contributed by atoms with Gasteiger partial charge >= 0.3 is 6.18 Å². The molecule has 0 bridgehead atoms. The second-order valence-electron chi connectivity index (χ2n) is 4.46. The standard InChI is InChI=1S/C12H12F3NO/c13-12(14,15)11-6-7-16(11)10(8-17-11)9-4-2-1-3-5-9/h1-5,10H,6-8H2/t10-,11?/m0/s1. The zero-order chi connectivity index (χ0) is 12.1. The molecule has 0 amide bonds. The predicted molar refractivity (Wildman–Crippen MR) is 55.2 cm³/mol. The third-order valence-corrected chi connectivity index (χ3v) is 3.64. The van der Waals surface area contributed by atoms with Crippen LogP contribution in [0.5, 0.6) is 0 Å². The number of hydrogen-bond donors (Lipinski definition) is 0. The summed E-state index contributed by atoms with van der Waals surface area (Å²) in [4.78, 5) is 1.42. The molecule has 2 fully saturated rings. The maximum Gasteiger partial charge on any atom is 0.431 e. The van der Waals surface area contributed by atoms with Crippen LogP contribution in [-0.2, 0) is 4.74 Å². The Morgan fingerprint density at radius 3 is 2.41 bits per heavy atom. The van der Waals surface area contributed by atoms with E-state index in [1.807, 2.05) is 30.3 Å². The van der Waals surface area contributed by atoms with Gasteiger partial charge in [0.25, 0.3) is 0 Å². The molecular formula is C12H12F3NO. The molecule has 1 aromatic rings. The van der Waals surface area contributed by atoms with E-state index in [4.69, 9.17) is 4.74 Å². The fourth-order valence-electron chi connectivity index (χ4n) is 2.65. The SMILES string of the molecule is FC(F)(F)C12CCN1[C@H](c1ccccc1)CO2. The highest BCUT2D eigenvalue weighted by Gasteiger charge is 2.69. The van der Waals surface area contributed by atoms with Crippen LogP contribution in [-0.4, -0.2) is 30.0 Å². The lowest BCUT2D eigenvalue weighted by molar-refractivity contribution is -0.339. The Labute approximate surface area is 97.0 Å². The molecule has 17 heavy (non-hydrogen) atoms. The Kier molecular flexibility index (Phi) is 2.25. The first-order chi connectivity index (χ1) is 8.05. The van der Waals surface area contributed by atoms with Crippen molar-refractivity contribution in [3.05, 3.63) is 35.9 Å². The third kappa shape index (κ3) is 1.42. The van der Waals surface area contributed by atoms with Crippen LogP contribution in [0.3, 0.4) is 0 Å². The normalized spacial score (nSPS) is 33.2. The molecule has 2 heterocycles. The van der Waals surface area contributed by atoms with E-state index in [9.17, 15) is 13.2 Å². The van der Waals surface area contributed by atoms with Crippen LogP contribution in [0.25, 0.3) is 0 Å². The molecule has 3 rings (SSSR count). The van der Waals surface area contributed by atoms with E-state index < -0.39 is 11.9 Å². The van der Waals surface area contributed by atoms with Gasteiger partial charge in [0, 0.05) is 13.0 Å². The van der Waals surface area contributed by atoms with E-state index in [-0.39, 0.29) is 19.1 Å². The lowest BCUT2D eigenvalue weighted by atomic mass is 9.94. The average molecular weight is 243 g/mol. The van der Waals surface area contributed by atoms with Crippen LogP contribution in [0.4, 0.5) is 13.2 Å². The molecule has 2 aliphatic heterocycles. The zero-order valence-corrected chi connectivity index (χ0v) is 9.07. The highest BCUT2D eigenvalue weighted by molar-refractivity contribution is 5.23. The van der Waals surface area contributed by atoms with Gasteiger partial charge in [0.2, 0.25) is 5.72 Å². The van der Waals surface area contributed by atoms with Gasteiger partial charge in [-0.15, -0.1) is 0 Å². The molecule has 0 aliphatic carbocycles. The van der Waals surface area contributed by atoms with E-state index in [0.717, 1.165) is 5.56 Å². The summed E-state index contributed by atoms with van der Waals surface area (Å²) in [5, 5.41) is 0. The monoisotopic (exact) mass is 243 g/mol. The van der Waals surface area contributed by atoms with Crippen LogP contribution in [0.1, 0.15) is 18.0 Å². The molecule has 2 nitrogen and oxygen atoms in total. The summed E-state index contributed by atoms with van der Waals surface area (Å²) in [6, 6.07) is 8.95. The second-order valence-corrected chi connectivity index (χ2v) is 4.46. The van der Waals surface area contributed by atoms with Crippen molar-refractivity contribution < 1.29 is 17.9 Å². The summed E-state index contributed by atoms with van der Waals surface area (Å²) < 4.78 is 44.0. The highest BCUT2D eigenvalue weighted by atomic mass is 19.4. The van der Waals surface area contributed by atoms with E-state index in [0.29, 0.717) is 6.54 Å². The number of rotatable bonds is 1. The van der Waals surface area contributed by atoms with Gasteiger partial charge < -0.3 is 4.74 Å². The molecule has 0 radical (unpaired) electrons. The molecule has 0 spiro atoms. The zero-order valence-electron chi connectivity index (χ0n) is 9.07. The number of hydrogen-bond acceptors (Lipinski definition) is 2. The van der Waals surface area contributed by atoms with Gasteiger partial charge in [-0.1, -0.05) is 30.3 Å². The van der Waals surface area contributed by atoms with Gasteiger partial charge in [-0.25, -0.2) is 0 Å². The third-order valence-electron chi connectivity index (χ3n) is 3.64. The first-order valence-electron chi connectivity index (χ1n) is 5.57. The van der Waals surface area contributed by atoms with Gasteiger partial charge in [-0.3, -0.25) is 4.90 Å². The van der Waals surface area contributed by atoms with Gasteiger partial charge in [-0.2, -0.15) is 13.2 Å². The molecule has 5 heteroatoms. The largest absolute Gasteiger partial charge is 0.431 e. The first kappa shape index (κ1) is 11.0. The Morgan fingerprint density at radius 1 is 1.24 bits per heavy atom. The predicted octanol–water partition coefficient (Wildman–Crippen LogP) is 2.72. The molecule has 2 atom stereocenters. The maximum atomic E-state index is 13.0. The van der Waals surface area contributed by atoms with Crippen molar-refractivity contribution in [2.24, 2.45) is 0 Å². The van der Waals surface area contributed by atoms with Crippen molar-refractivity contribution in [1.29, 1.82) is 0 Å². The number of alkyl halides is 3. The molecule has 92 valence electrons. The quantitative estimate of drug-likeness (QED) is 0.752. The lowest BCUT2D eigenvalue weighted by Crippen LogP contribution is -2.65. The number of benzene rings is 1. The molecule has 2 saturated heterocycles. The highest BCUT2D eigenvalue weighted by Crippen LogP contribution is 2.53. The number of ether oxygens (including phenoxy) is 1. The summed E-state index contributed by atoms with van der Waals surface area (Å²) in [5.74, 6) is 0. The van der Waals surface area contributed by atoms with Crippen LogP contribution < -0.4 is 0 Å². The summed E-state index contributed by atoms with van der Waals surface area (Å²) in [6.07, 6.45) is -4.27. The molecule has 1 aromatic carbocycles.